The van der Waals surface area contributed by atoms with E-state index in [4.69, 9.17) is 4.74 Å². The predicted molar refractivity (Wildman–Crippen MR) is 77.0 cm³/mol. The Bertz CT molecular complexity index is 464. The van der Waals surface area contributed by atoms with Gasteiger partial charge in [-0.05, 0) is 24.2 Å². The quantitative estimate of drug-likeness (QED) is 0.736. The van der Waals surface area contributed by atoms with Crippen molar-refractivity contribution in [3.63, 3.8) is 0 Å². The van der Waals surface area contributed by atoms with Crippen LogP contribution in [0.5, 0.6) is 0 Å². The van der Waals surface area contributed by atoms with E-state index in [0.717, 1.165) is 30.8 Å². The van der Waals surface area contributed by atoms with E-state index in [2.05, 4.69) is 18.7 Å². The van der Waals surface area contributed by atoms with Crippen molar-refractivity contribution in [3.8, 4) is 0 Å². The lowest BCUT2D eigenvalue weighted by molar-refractivity contribution is -0.144. The van der Waals surface area contributed by atoms with Gasteiger partial charge in [0.25, 0.3) is 0 Å². The van der Waals surface area contributed by atoms with Gasteiger partial charge in [-0.25, -0.2) is 0 Å². The Hall–Kier alpha value is -1.61. The van der Waals surface area contributed by atoms with E-state index >= 15 is 0 Å². The van der Waals surface area contributed by atoms with Gasteiger partial charge >= 0.3 is 5.97 Å². The van der Waals surface area contributed by atoms with Gasteiger partial charge < -0.3 is 9.64 Å². The largest absolute Gasteiger partial charge is 0.464 e. The highest BCUT2D eigenvalue weighted by atomic mass is 16.5. The van der Waals surface area contributed by atoms with Crippen molar-refractivity contribution in [3.05, 3.63) is 41.5 Å². The molecule has 0 heterocycles. The molecule has 1 atom stereocenters. The highest BCUT2D eigenvalue weighted by Crippen LogP contribution is 2.30. The summed E-state index contributed by atoms with van der Waals surface area (Å²) < 4.78 is 5.39. The topological polar surface area (TPSA) is 29.5 Å². The Morgan fingerprint density at radius 2 is 2.00 bits per heavy atom. The minimum absolute atomic E-state index is 0.145. The van der Waals surface area contributed by atoms with Crippen LogP contribution in [0, 0.1) is 0 Å². The van der Waals surface area contributed by atoms with E-state index in [1.54, 1.807) is 0 Å². The summed E-state index contributed by atoms with van der Waals surface area (Å²) >= 11 is 0. The fourth-order valence-corrected chi connectivity index (χ4v) is 2.36. The molecule has 102 valence electrons. The van der Waals surface area contributed by atoms with E-state index in [1.165, 1.54) is 0 Å². The molecule has 3 nitrogen and oxygen atoms in total. The maximum Gasteiger partial charge on any atom is 0.317 e. The highest BCUT2D eigenvalue weighted by molar-refractivity contribution is 5.86. The standard InChI is InChI=1S/C16H21NO2/c1-3-17(4-2)11-12-19-16(18)15-10-9-13-7-5-6-8-14(13)15/h5-10,15H,3-4,11-12H2,1-2H3. The van der Waals surface area contributed by atoms with E-state index < -0.39 is 0 Å². The van der Waals surface area contributed by atoms with Crippen molar-refractivity contribution < 1.29 is 9.53 Å². The maximum absolute atomic E-state index is 12.1. The lowest BCUT2D eigenvalue weighted by atomic mass is 10.0. The highest BCUT2D eigenvalue weighted by Gasteiger charge is 2.25. The summed E-state index contributed by atoms with van der Waals surface area (Å²) in [6.45, 7) is 7.47. The van der Waals surface area contributed by atoms with Gasteiger partial charge in [-0.15, -0.1) is 0 Å². The predicted octanol–water partition coefficient (Wildman–Crippen LogP) is 2.68. The second-order valence-corrected chi connectivity index (χ2v) is 4.66. The summed E-state index contributed by atoms with van der Waals surface area (Å²) in [5.74, 6) is -0.374. The Morgan fingerprint density at radius 3 is 2.74 bits per heavy atom. The van der Waals surface area contributed by atoms with E-state index in [0.29, 0.717) is 6.61 Å². The summed E-state index contributed by atoms with van der Waals surface area (Å²) in [4.78, 5) is 14.3. The fourth-order valence-electron chi connectivity index (χ4n) is 2.36. The fraction of sp³-hybridized carbons (Fsp3) is 0.438. The molecule has 0 aromatic heterocycles. The van der Waals surface area contributed by atoms with Crippen LogP contribution < -0.4 is 0 Å². The second-order valence-electron chi connectivity index (χ2n) is 4.66. The van der Waals surface area contributed by atoms with Crippen molar-refractivity contribution in [1.82, 2.24) is 4.90 Å². The number of hydrogen-bond acceptors (Lipinski definition) is 3. The molecule has 1 aliphatic rings. The molecule has 0 N–H and O–H groups in total. The molecular weight excluding hydrogens is 238 g/mol. The van der Waals surface area contributed by atoms with Crippen LogP contribution in [-0.2, 0) is 9.53 Å². The van der Waals surface area contributed by atoms with Crippen molar-refractivity contribution in [2.24, 2.45) is 0 Å². The average molecular weight is 259 g/mol. The Balaban J connectivity index is 1.87. The molecule has 1 aromatic carbocycles. The van der Waals surface area contributed by atoms with Crippen LogP contribution in [0.3, 0.4) is 0 Å². The lowest BCUT2D eigenvalue weighted by Crippen LogP contribution is -2.28. The minimum Gasteiger partial charge on any atom is -0.464 e. The summed E-state index contributed by atoms with van der Waals surface area (Å²) in [6.07, 6.45) is 3.91. The van der Waals surface area contributed by atoms with E-state index in [9.17, 15) is 4.79 Å². The average Bonchev–Trinajstić information content (AvgIpc) is 2.87. The summed E-state index contributed by atoms with van der Waals surface area (Å²) in [6, 6.07) is 7.96. The molecule has 1 unspecified atom stereocenters. The van der Waals surface area contributed by atoms with Gasteiger partial charge in [0, 0.05) is 6.54 Å². The normalized spacial score (nSPS) is 16.7. The zero-order chi connectivity index (χ0) is 13.7. The van der Waals surface area contributed by atoms with Crippen molar-refractivity contribution in [1.29, 1.82) is 0 Å². The van der Waals surface area contributed by atoms with Crippen LogP contribution in [0.15, 0.2) is 30.3 Å². The number of benzene rings is 1. The first kappa shape index (κ1) is 13.8. The summed E-state index contributed by atoms with van der Waals surface area (Å²) in [7, 11) is 0. The number of esters is 1. The number of likely N-dealkylation sites (N-methyl/N-ethyl adjacent to an activating group) is 1. The van der Waals surface area contributed by atoms with Gasteiger partial charge in [-0.2, -0.15) is 0 Å². The SMILES string of the molecule is CCN(CC)CCOC(=O)C1C=Cc2ccccc21. The van der Waals surface area contributed by atoms with Crippen LogP contribution in [0.1, 0.15) is 30.9 Å². The van der Waals surface area contributed by atoms with Crippen molar-refractivity contribution in [2.45, 2.75) is 19.8 Å². The molecule has 19 heavy (non-hydrogen) atoms. The maximum atomic E-state index is 12.1. The number of ether oxygens (including phenoxy) is 1. The third-order valence-electron chi connectivity index (χ3n) is 3.60. The van der Waals surface area contributed by atoms with Crippen LogP contribution in [0.2, 0.25) is 0 Å². The molecule has 1 aliphatic carbocycles. The lowest BCUT2D eigenvalue weighted by Gasteiger charge is -2.18. The molecule has 1 aromatic rings. The number of carbonyl (C=O) groups excluding carboxylic acids is 1. The molecule has 0 amide bonds. The first-order chi connectivity index (χ1) is 9.26. The molecule has 0 saturated heterocycles. The van der Waals surface area contributed by atoms with Gasteiger partial charge in [0.1, 0.15) is 12.5 Å². The summed E-state index contributed by atoms with van der Waals surface area (Å²) in [5, 5.41) is 0. The number of nitrogens with zero attached hydrogens (tertiary/aromatic N) is 1. The van der Waals surface area contributed by atoms with Gasteiger partial charge in [0.05, 0.1) is 0 Å². The van der Waals surface area contributed by atoms with Crippen molar-refractivity contribution >= 4 is 12.0 Å². The van der Waals surface area contributed by atoms with Crippen LogP contribution in [0.25, 0.3) is 6.08 Å². The number of carbonyl (C=O) groups is 1. The Kier molecular flexibility index (Phi) is 4.74. The summed E-state index contributed by atoms with van der Waals surface area (Å²) in [5.41, 5.74) is 2.17. The van der Waals surface area contributed by atoms with Gasteiger partial charge in [-0.3, -0.25) is 4.79 Å². The van der Waals surface area contributed by atoms with Crippen molar-refractivity contribution in [2.75, 3.05) is 26.2 Å². The van der Waals surface area contributed by atoms with Crippen LogP contribution in [-0.4, -0.2) is 37.1 Å². The Labute approximate surface area is 114 Å². The smallest absolute Gasteiger partial charge is 0.317 e. The first-order valence-electron chi connectivity index (χ1n) is 6.92. The molecule has 2 rings (SSSR count). The number of rotatable bonds is 6. The zero-order valence-electron chi connectivity index (χ0n) is 11.6. The third-order valence-corrected chi connectivity index (χ3v) is 3.60. The molecule has 0 fully saturated rings. The molecule has 0 radical (unpaired) electrons. The molecule has 0 spiro atoms. The number of fused-ring (bicyclic) bond motifs is 1. The Morgan fingerprint density at radius 1 is 1.26 bits per heavy atom. The molecule has 0 bridgehead atoms. The zero-order valence-corrected chi connectivity index (χ0v) is 11.6. The van der Waals surface area contributed by atoms with Gasteiger partial charge in [0.15, 0.2) is 0 Å². The van der Waals surface area contributed by atoms with Crippen LogP contribution in [0.4, 0.5) is 0 Å². The minimum atomic E-state index is -0.229. The molecule has 0 saturated carbocycles. The van der Waals surface area contributed by atoms with Crippen LogP contribution >= 0.6 is 0 Å². The van der Waals surface area contributed by atoms with E-state index in [-0.39, 0.29) is 11.9 Å². The molecule has 3 heteroatoms. The third kappa shape index (κ3) is 3.24. The molecular formula is C16H21NO2. The van der Waals surface area contributed by atoms with Gasteiger partial charge in [0.2, 0.25) is 0 Å². The first-order valence-corrected chi connectivity index (χ1v) is 6.92. The van der Waals surface area contributed by atoms with E-state index in [1.807, 2.05) is 36.4 Å². The monoisotopic (exact) mass is 259 g/mol. The number of hydrogen-bond donors (Lipinski definition) is 0. The molecule has 0 aliphatic heterocycles. The van der Waals surface area contributed by atoms with Gasteiger partial charge in [-0.1, -0.05) is 50.3 Å². The second kappa shape index (κ2) is 6.53.